The Balaban J connectivity index is 1.99. The van der Waals surface area contributed by atoms with Gasteiger partial charge in [-0.15, -0.1) is 0 Å². The van der Waals surface area contributed by atoms with E-state index in [1.165, 1.54) is 37.4 Å². The lowest BCUT2D eigenvalue weighted by atomic mass is 10.2. The number of sulfonamides is 1. The summed E-state index contributed by atoms with van der Waals surface area (Å²) in [5.41, 5.74) is 0.916. The van der Waals surface area contributed by atoms with Crippen LogP contribution >= 0.6 is 0 Å². The highest BCUT2D eigenvalue weighted by Crippen LogP contribution is 2.27. The van der Waals surface area contributed by atoms with Gasteiger partial charge in [0.15, 0.2) is 0 Å². The summed E-state index contributed by atoms with van der Waals surface area (Å²) in [5.74, 6) is -1.07. The predicted octanol–water partition coefficient (Wildman–Crippen LogP) is 2.96. The van der Waals surface area contributed by atoms with E-state index >= 15 is 0 Å². The minimum absolute atomic E-state index is 0.0864. The number of hydrogen-bond acceptors (Lipinski definition) is 4. The van der Waals surface area contributed by atoms with Crippen molar-refractivity contribution in [3.8, 4) is 0 Å². The van der Waals surface area contributed by atoms with E-state index in [0.717, 1.165) is 4.31 Å². The van der Waals surface area contributed by atoms with E-state index in [4.69, 9.17) is 9.52 Å². The number of carboxylic acids is 1. The zero-order chi connectivity index (χ0) is 16.6. The number of aromatic carboxylic acids is 1. The predicted molar refractivity (Wildman–Crippen MR) is 85.2 cm³/mol. The van der Waals surface area contributed by atoms with Crippen LogP contribution in [0.25, 0.3) is 11.0 Å². The van der Waals surface area contributed by atoms with Gasteiger partial charge in [0, 0.05) is 18.5 Å². The van der Waals surface area contributed by atoms with E-state index in [1.54, 1.807) is 24.3 Å². The minimum atomic E-state index is -3.87. The molecule has 1 heterocycles. The monoisotopic (exact) mass is 331 g/mol. The molecule has 2 aromatic carbocycles. The molecule has 1 aromatic heterocycles. The van der Waals surface area contributed by atoms with Crippen molar-refractivity contribution in [2.75, 3.05) is 11.4 Å². The van der Waals surface area contributed by atoms with Gasteiger partial charge >= 0.3 is 5.97 Å². The van der Waals surface area contributed by atoms with E-state index in [2.05, 4.69) is 0 Å². The van der Waals surface area contributed by atoms with E-state index in [-0.39, 0.29) is 10.7 Å². The number of rotatable bonds is 4. The number of furan rings is 1. The quantitative estimate of drug-likeness (QED) is 0.794. The number of carbonyl (C=O) groups is 1. The van der Waals surface area contributed by atoms with Gasteiger partial charge in [0.05, 0.1) is 11.3 Å². The first-order valence-corrected chi connectivity index (χ1v) is 8.14. The van der Waals surface area contributed by atoms with Gasteiger partial charge in [-0.2, -0.15) is 8.42 Å². The summed E-state index contributed by atoms with van der Waals surface area (Å²) in [5, 5.41) is 9.42. The van der Waals surface area contributed by atoms with Crippen LogP contribution in [0.15, 0.2) is 64.1 Å². The zero-order valence-corrected chi connectivity index (χ0v) is 12.9. The van der Waals surface area contributed by atoms with Crippen molar-refractivity contribution < 1.29 is 22.7 Å². The number of nitrogens with zero attached hydrogens (tertiary/aromatic N) is 1. The Labute approximate surface area is 132 Å². The second kappa shape index (κ2) is 5.44. The van der Waals surface area contributed by atoms with Crippen molar-refractivity contribution in [1.82, 2.24) is 0 Å². The Morgan fingerprint density at radius 2 is 1.74 bits per heavy atom. The standard InChI is InChI=1S/C16H13NO5S/c1-17(13-8-6-11(7-9-13)16(18)19)23(20,21)15-10-12-4-2-3-5-14(12)22-15/h2-10H,1H3,(H,18,19). The van der Waals surface area contributed by atoms with E-state index in [1.807, 2.05) is 0 Å². The Bertz CT molecular complexity index is 940. The largest absolute Gasteiger partial charge is 0.478 e. The number of fused-ring (bicyclic) bond motifs is 1. The van der Waals surface area contributed by atoms with Gasteiger partial charge in [-0.3, -0.25) is 4.31 Å². The molecule has 0 amide bonds. The van der Waals surface area contributed by atoms with E-state index < -0.39 is 16.0 Å². The summed E-state index contributed by atoms with van der Waals surface area (Å²) in [6.45, 7) is 0. The Morgan fingerprint density at radius 1 is 1.09 bits per heavy atom. The molecule has 1 N–H and O–H groups in total. The molecule has 0 atom stereocenters. The van der Waals surface area contributed by atoms with Gasteiger partial charge < -0.3 is 9.52 Å². The highest BCUT2D eigenvalue weighted by Gasteiger charge is 2.25. The molecular formula is C16H13NO5S. The second-order valence-corrected chi connectivity index (χ2v) is 6.83. The molecule has 0 fully saturated rings. The van der Waals surface area contributed by atoms with Gasteiger partial charge in [-0.1, -0.05) is 18.2 Å². The van der Waals surface area contributed by atoms with Gasteiger partial charge in [0.1, 0.15) is 5.58 Å². The summed E-state index contributed by atoms with van der Waals surface area (Å²) >= 11 is 0. The van der Waals surface area contributed by atoms with Crippen LogP contribution < -0.4 is 4.31 Å². The van der Waals surface area contributed by atoms with Crippen molar-refractivity contribution in [3.05, 3.63) is 60.2 Å². The molecule has 7 heteroatoms. The summed E-state index contributed by atoms with van der Waals surface area (Å²) in [6.07, 6.45) is 0. The third-order valence-electron chi connectivity index (χ3n) is 3.50. The third kappa shape index (κ3) is 2.66. The first-order valence-electron chi connectivity index (χ1n) is 6.70. The maximum absolute atomic E-state index is 12.6. The minimum Gasteiger partial charge on any atom is -0.478 e. The molecule has 0 bridgehead atoms. The van der Waals surface area contributed by atoms with Gasteiger partial charge in [0.2, 0.25) is 5.09 Å². The summed E-state index contributed by atoms with van der Waals surface area (Å²) in [6, 6.07) is 14.0. The van der Waals surface area contributed by atoms with Crippen LogP contribution in [-0.4, -0.2) is 26.5 Å². The Hall–Kier alpha value is -2.80. The van der Waals surface area contributed by atoms with Crippen LogP contribution in [0.1, 0.15) is 10.4 Å². The summed E-state index contributed by atoms with van der Waals surface area (Å²) in [7, 11) is -2.48. The van der Waals surface area contributed by atoms with Crippen LogP contribution in [0.4, 0.5) is 5.69 Å². The number of benzene rings is 2. The molecule has 0 unspecified atom stereocenters. The Kier molecular flexibility index (Phi) is 3.57. The lowest BCUT2D eigenvalue weighted by molar-refractivity contribution is 0.0697. The fourth-order valence-electron chi connectivity index (χ4n) is 2.17. The van der Waals surface area contributed by atoms with Gasteiger partial charge in [0.25, 0.3) is 10.0 Å². The zero-order valence-electron chi connectivity index (χ0n) is 12.1. The first kappa shape index (κ1) is 15.1. The molecule has 3 aromatic rings. The number of hydrogen-bond donors (Lipinski definition) is 1. The molecule has 0 aliphatic rings. The molecule has 0 spiro atoms. The molecule has 0 saturated heterocycles. The van der Waals surface area contributed by atoms with Crippen LogP contribution in [0.3, 0.4) is 0 Å². The smallest absolute Gasteiger partial charge is 0.335 e. The van der Waals surface area contributed by atoms with Gasteiger partial charge in [-0.05, 0) is 30.3 Å². The molecule has 0 aliphatic carbocycles. The Morgan fingerprint density at radius 3 is 2.35 bits per heavy atom. The SMILES string of the molecule is CN(c1ccc(C(=O)O)cc1)S(=O)(=O)c1cc2ccccc2o1. The fraction of sp³-hybridized carbons (Fsp3) is 0.0625. The highest BCUT2D eigenvalue weighted by atomic mass is 32.2. The highest BCUT2D eigenvalue weighted by molar-refractivity contribution is 7.92. The number of carboxylic acid groups (broad SMARTS) is 1. The van der Waals surface area contributed by atoms with E-state index in [9.17, 15) is 13.2 Å². The molecule has 0 saturated carbocycles. The fourth-order valence-corrected chi connectivity index (χ4v) is 3.31. The molecule has 0 aliphatic heterocycles. The van der Waals surface area contributed by atoms with Crippen molar-refractivity contribution in [1.29, 1.82) is 0 Å². The van der Waals surface area contributed by atoms with Crippen LogP contribution in [0, 0.1) is 0 Å². The third-order valence-corrected chi connectivity index (χ3v) is 5.14. The van der Waals surface area contributed by atoms with Crippen LogP contribution in [0.2, 0.25) is 0 Å². The second-order valence-electron chi connectivity index (χ2n) is 4.93. The first-order chi connectivity index (χ1) is 10.9. The molecule has 6 nitrogen and oxygen atoms in total. The number of para-hydroxylation sites is 1. The average Bonchev–Trinajstić information content (AvgIpc) is 2.99. The van der Waals surface area contributed by atoms with Crippen LogP contribution in [-0.2, 0) is 10.0 Å². The lowest BCUT2D eigenvalue weighted by Crippen LogP contribution is -2.26. The van der Waals surface area contributed by atoms with Crippen molar-refractivity contribution >= 4 is 32.6 Å². The molecular weight excluding hydrogens is 318 g/mol. The molecule has 0 radical (unpaired) electrons. The number of anilines is 1. The van der Waals surface area contributed by atoms with Gasteiger partial charge in [-0.25, -0.2) is 4.79 Å². The topological polar surface area (TPSA) is 87.8 Å². The summed E-state index contributed by atoms with van der Waals surface area (Å²) in [4.78, 5) is 10.9. The normalized spacial score (nSPS) is 11.5. The van der Waals surface area contributed by atoms with E-state index in [0.29, 0.717) is 16.7 Å². The van der Waals surface area contributed by atoms with Crippen molar-refractivity contribution in [2.45, 2.75) is 5.09 Å². The molecule has 23 heavy (non-hydrogen) atoms. The summed E-state index contributed by atoms with van der Waals surface area (Å²) < 4.78 is 31.7. The maximum Gasteiger partial charge on any atom is 0.335 e. The van der Waals surface area contributed by atoms with Crippen molar-refractivity contribution in [3.63, 3.8) is 0 Å². The average molecular weight is 331 g/mol. The molecule has 3 rings (SSSR count). The van der Waals surface area contributed by atoms with Crippen LogP contribution in [0.5, 0.6) is 0 Å². The lowest BCUT2D eigenvalue weighted by Gasteiger charge is -2.17. The molecule has 118 valence electrons. The van der Waals surface area contributed by atoms with Crippen molar-refractivity contribution in [2.24, 2.45) is 0 Å². The maximum atomic E-state index is 12.6.